The monoisotopic (exact) mass is 589 g/mol. The molecule has 0 unspecified atom stereocenters. The lowest BCUT2D eigenvalue weighted by molar-refractivity contribution is 0.0697. The van der Waals surface area contributed by atoms with Gasteiger partial charge in [-0.05, 0) is 67.3 Å². The molecule has 0 radical (unpaired) electrons. The zero-order chi connectivity index (χ0) is 28.3. The molecule has 2 aromatic carbocycles. The Bertz CT molecular complexity index is 1700. The van der Waals surface area contributed by atoms with E-state index in [0.717, 1.165) is 0 Å². The molecule has 0 saturated heterocycles. The van der Waals surface area contributed by atoms with E-state index in [-0.39, 0.29) is 60.6 Å². The Kier molecular flexibility index (Phi) is 9.11. The van der Waals surface area contributed by atoms with E-state index in [1.54, 1.807) is 30.3 Å². The zero-order valence-electron chi connectivity index (χ0n) is 20.1. The lowest BCUT2D eigenvalue weighted by atomic mass is 9.85. The van der Waals surface area contributed by atoms with Crippen molar-refractivity contribution in [3.05, 3.63) is 52.6 Å². The molecule has 0 aliphatic rings. The number of carbonyl (C=O) groups is 1. The Morgan fingerprint density at radius 2 is 1.18 bits per heavy atom. The van der Waals surface area contributed by atoms with Crippen molar-refractivity contribution in [2.75, 3.05) is 17.3 Å². The Hall–Kier alpha value is -2.69. The quantitative estimate of drug-likeness (QED) is 0.167. The highest BCUT2D eigenvalue weighted by molar-refractivity contribution is 7.86. The van der Waals surface area contributed by atoms with E-state index in [1.165, 1.54) is 0 Å². The number of aromatic carboxylic acids is 1. The van der Waals surface area contributed by atoms with Crippen molar-refractivity contribution in [3.8, 4) is 0 Å². The Morgan fingerprint density at radius 1 is 0.711 bits per heavy atom. The topological polar surface area (TPSA) is 213 Å². The predicted octanol–water partition coefficient (Wildman–Crippen LogP) is 2.55. The number of rotatable bonds is 13. The first-order valence-corrected chi connectivity index (χ1v) is 16.3. The Morgan fingerprint density at radius 3 is 1.68 bits per heavy atom. The number of aromatic nitrogens is 1. The standard InChI is InChI=1S/C23H27NO11S3/c25-23(26)21-17(8-4-12-37(30,31)32)16(7-3-11-36(27,28)29)18(9-5-13-38(33,34)35)22-19(21)14-15-6-1-2-10-20(15)24-22/h1-2,6,10,14H,3-5,7-9,11-13H2,(H,25,26)(H,27,28,29)(H,30,31,32)(H,33,34,35). The summed E-state index contributed by atoms with van der Waals surface area (Å²) >= 11 is 0. The molecule has 1 heterocycles. The highest BCUT2D eigenvalue weighted by atomic mass is 32.2. The van der Waals surface area contributed by atoms with Gasteiger partial charge in [-0.3, -0.25) is 13.7 Å². The second-order valence-corrected chi connectivity index (χ2v) is 13.6. The average Bonchev–Trinajstić information content (AvgIpc) is 2.76. The fourth-order valence-corrected chi connectivity index (χ4v) is 6.09. The number of aryl methyl sites for hydroxylation is 1. The van der Waals surface area contributed by atoms with Crippen LogP contribution in [-0.2, 0) is 49.6 Å². The number of nitrogens with zero attached hydrogens (tertiary/aromatic N) is 1. The summed E-state index contributed by atoms with van der Waals surface area (Å²) in [5, 5.41) is 11.0. The number of fused-ring (bicyclic) bond motifs is 2. The highest BCUT2D eigenvalue weighted by Crippen LogP contribution is 2.35. The summed E-state index contributed by atoms with van der Waals surface area (Å²) in [6.07, 6.45) is -0.475. The molecule has 1 aromatic heterocycles. The van der Waals surface area contributed by atoms with Crippen LogP contribution < -0.4 is 0 Å². The molecular weight excluding hydrogens is 562 g/mol. The van der Waals surface area contributed by atoms with E-state index in [4.69, 9.17) is 0 Å². The molecule has 12 nitrogen and oxygen atoms in total. The van der Waals surface area contributed by atoms with Crippen molar-refractivity contribution in [1.29, 1.82) is 0 Å². The van der Waals surface area contributed by atoms with Crippen LogP contribution in [0.15, 0.2) is 30.3 Å². The SMILES string of the molecule is O=C(O)c1c(CCCS(=O)(=O)O)c(CCCS(=O)(=O)O)c(CCCS(=O)(=O)O)c2nc3ccccc3cc12. The van der Waals surface area contributed by atoms with Gasteiger partial charge in [0, 0.05) is 10.8 Å². The highest BCUT2D eigenvalue weighted by Gasteiger charge is 2.25. The van der Waals surface area contributed by atoms with E-state index in [2.05, 4.69) is 4.98 Å². The largest absolute Gasteiger partial charge is 0.478 e. The smallest absolute Gasteiger partial charge is 0.336 e. The maximum atomic E-state index is 12.5. The summed E-state index contributed by atoms with van der Waals surface area (Å²) in [6, 6.07) is 8.51. The molecule has 0 spiro atoms. The van der Waals surface area contributed by atoms with Crippen molar-refractivity contribution in [3.63, 3.8) is 0 Å². The summed E-state index contributed by atoms with van der Waals surface area (Å²) in [6.45, 7) is 0. The molecule has 0 atom stereocenters. The summed E-state index contributed by atoms with van der Waals surface area (Å²) in [5.74, 6) is -3.21. The molecule has 0 aliphatic carbocycles. The van der Waals surface area contributed by atoms with E-state index in [9.17, 15) is 48.8 Å². The van der Waals surface area contributed by atoms with Crippen molar-refractivity contribution in [2.45, 2.75) is 38.5 Å². The molecule has 0 amide bonds. The normalized spacial score (nSPS) is 12.8. The lowest BCUT2D eigenvalue weighted by Gasteiger charge is -2.21. The van der Waals surface area contributed by atoms with Gasteiger partial charge < -0.3 is 5.11 Å². The van der Waals surface area contributed by atoms with Gasteiger partial charge >= 0.3 is 5.97 Å². The number of benzene rings is 2. The lowest BCUT2D eigenvalue weighted by Crippen LogP contribution is -2.15. The van der Waals surface area contributed by atoms with Crippen LogP contribution in [0.1, 0.15) is 46.3 Å². The van der Waals surface area contributed by atoms with Crippen LogP contribution in [0.4, 0.5) is 0 Å². The minimum absolute atomic E-state index is 0.0219. The molecular formula is C23H27NO11S3. The molecule has 208 valence electrons. The Balaban J connectivity index is 2.33. The van der Waals surface area contributed by atoms with Gasteiger partial charge in [-0.25, -0.2) is 9.78 Å². The fourth-order valence-electron chi connectivity index (χ4n) is 4.56. The van der Waals surface area contributed by atoms with Crippen LogP contribution in [0.25, 0.3) is 21.8 Å². The minimum atomic E-state index is -4.36. The summed E-state index contributed by atoms with van der Waals surface area (Å²) < 4.78 is 95.7. The third kappa shape index (κ3) is 8.15. The number of pyridine rings is 1. The van der Waals surface area contributed by atoms with Crippen LogP contribution in [0.2, 0.25) is 0 Å². The van der Waals surface area contributed by atoms with E-state index >= 15 is 0 Å². The minimum Gasteiger partial charge on any atom is -0.478 e. The van der Waals surface area contributed by atoms with Gasteiger partial charge in [-0.1, -0.05) is 18.2 Å². The van der Waals surface area contributed by atoms with Gasteiger partial charge in [0.1, 0.15) is 0 Å². The average molecular weight is 590 g/mol. The van der Waals surface area contributed by atoms with E-state index < -0.39 is 53.6 Å². The molecule has 4 N–H and O–H groups in total. The maximum Gasteiger partial charge on any atom is 0.336 e. The third-order valence-corrected chi connectivity index (χ3v) is 8.42. The first-order valence-electron chi connectivity index (χ1n) is 11.5. The van der Waals surface area contributed by atoms with E-state index in [1.807, 2.05) is 0 Å². The van der Waals surface area contributed by atoms with Crippen LogP contribution >= 0.6 is 0 Å². The molecule has 38 heavy (non-hydrogen) atoms. The van der Waals surface area contributed by atoms with Gasteiger partial charge in [0.15, 0.2) is 0 Å². The van der Waals surface area contributed by atoms with Gasteiger partial charge in [-0.2, -0.15) is 25.3 Å². The van der Waals surface area contributed by atoms with Crippen molar-refractivity contribution >= 4 is 58.1 Å². The molecule has 3 rings (SSSR count). The summed E-state index contributed by atoms with van der Waals surface area (Å²) in [4.78, 5) is 17.2. The molecule has 0 saturated carbocycles. The van der Waals surface area contributed by atoms with Crippen molar-refractivity contribution < 1.29 is 48.8 Å². The molecule has 15 heteroatoms. The second-order valence-electron chi connectivity index (χ2n) is 8.86. The van der Waals surface area contributed by atoms with E-state index in [0.29, 0.717) is 22.0 Å². The van der Waals surface area contributed by atoms with Crippen molar-refractivity contribution in [1.82, 2.24) is 4.98 Å². The number of hydrogen-bond acceptors (Lipinski definition) is 8. The second kappa shape index (κ2) is 11.6. The fraction of sp³-hybridized carbons (Fsp3) is 0.391. The summed E-state index contributed by atoms with van der Waals surface area (Å²) in [7, 11) is -13.0. The summed E-state index contributed by atoms with van der Waals surface area (Å²) in [5.41, 5.74) is 1.56. The predicted molar refractivity (Wildman–Crippen MR) is 140 cm³/mol. The van der Waals surface area contributed by atoms with Gasteiger partial charge in [0.05, 0.1) is 33.9 Å². The number of carboxylic acids is 1. The van der Waals surface area contributed by atoms with Gasteiger partial charge in [0.2, 0.25) is 0 Å². The molecule has 0 aliphatic heterocycles. The molecule has 0 fully saturated rings. The zero-order valence-corrected chi connectivity index (χ0v) is 22.5. The van der Waals surface area contributed by atoms with Crippen LogP contribution in [0.5, 0.6) is 0 Å². The van der Waals surface area contributed by atoms with Crippen molar-refractivity contribution in [2.24, 2.45) is 0 Å². The number of hydrogen-bond donors (Lipinski definition) is 4. The molecule has 0 bridgehead atoms. The van der Waals surface area contributed by atoms with Crippen LogP contribution in [-0.4, -0.2) is 72.2 Å². The third-order valence-electron chi connectivity index (χ3n) is 6.01. The number of para-hydroxylation sites is 1. The van der Waals surface area contributed by atoms with Gasteiger partial charge in [-0.15, -0.1) is 0 Å². The maximum absolute atomic E-state index is 12.5. The van der Waals surface area contributed by atoms with Gasteiger partial charge in [0.25, 0.3) is 30.4 Å². The Labute approximate surface area is 220 Å². The first-order chi connectivity index (χ1) is 17.6. The van der Waals surface area contributed by atoms with Crippen LogP contribution in [0.3, 0.4) is 0 Å². The number of carboxylic acid groups (broad SMARTS) is 1. The molecule has 3 aromatic rings. The first kappa shape index (κ1) is 29.9. The van der Waals surface area contributed by atoms with Crippen LogP contribution in [0, 0.1) is 0 Å².